The van der Waals surface area contributed by atoms with Crippen molar-refractivity contribution in [1.29, 1.82) is 0 Å². The molecular weight excluding hydrogens is 330 g/mol. The average Bonchev–Trinajstić information content (AvgIpc) is 2.42. The van der Waals surface area contributed by atoms with Crippen molar-refractivity contribution in [3.05, 3.63) is 58.1 Å². The molecule has 0 radical (unpaired) electrons. The predicted molar refractivity (Wildman–Crippen MR) is 90.0 cm³/mol. The summed E-state index contributed by atoms with van der Waals surface area (Å²) in [7, 11) is 0. The lowest BCUT2D eigenvalue weighted by Crippen LogP contribution is -2.26. The highest BCUT2D eigenvalue weighted by atomic mass is 79.9. The van der Waals surface area contributed by atoms with Gasteiger partial charge in [0.15, 0.2) is 0 Å². The first-order chi connectivity index (χ1) is 10.0. The van der Waals surface area contributed by atoms with Crippen LogP contribution >= 0.6 is 15.9 Å². The minimum absolute atomic E-state index is 0.258. The number of nitrogens with one attached hydrogen (secondary N) is 1. The number of aryl methyl sites for hydroxylation is 2. The first-order valence-corrected chi connectivity index (χ1v) is 7.71. The van der Waals surface area contributed by atoms with Gasteiger partial charge < -0.3 is 15.2 Å². The Bertz CT molecular complexity index is 581. The first kappa shape index (κ1) is 15.9. The zero-order valence-corrected chi connectivity index (χ0v) is 13.9. The van der Waals surface area contributed by atoms with E-state index in [-0.39, 0.29) is 6.61 Å². The Hall–Kier alpha value is -1.52. The molecule has 0 heterocycles. The summed E-state index contributed by atoms with van der Waals surface area (Å²) >= 11 is 3.39. The van der Waals surface area contributed by atoms with Gasteiger partial charge in [-0.25, -0.2) is 0 Å². The maximum absolute atomic E-state index is 9.98. The smallest absolute Gasteiger partial charge is 0.120 e. The zero-order chi connectivity index (χ0) is 15.2. The fourth-order valence-electron chi connectivity index (χ4n) is 2.12. The molecule has 4 heteroatoms. The van der Waals surface area contributed by atoms with E-state index in [4.69, 9.17) is 4.74 Å². The fourth-order valence-corrected chi connectivity index (χ4v) is 2.50. The van der Waals surface area contributed by atoms with Gasteiger partial charge in [-0.2, -0.15) is 0 Å². The van der Waals surface area contributed by atoms with Crippen LogP contribution in [-0.2, 0) is 0 Å². The van der Waals surface area contributed by atoms with Gasteiger partial charge in [-0.3, -0.25) is 0 Å². The molecule has 0 spiro atoms. The minimum Gasteiger partial charge on any atom is -0.491 e. The summed E-state index contributed by atoms with van der Waals surface area (Å²) in [6, 6.07) is 13.8. The van der Waals surface area contributed by atoms with Gasteiger partial charge in [-0.1, -0.05) is 28.1 Å². The summed E-state index contributed by atoms with van der Waals surface area (Å²) in [6.07, 6.45) is -0.565. The summed E-state index contributed by atoms with van der Waals surface area (Å²) in [4.78, 5) is 0. The number of anilines is 1. The van der Waals surface area contributed by atoms with Crippen molar-refractivity contribution in [3.8, 4) is 5.75 Å². The molecule has 21 heavy (non-hydrogen) atoms. The number of halogens is 1. The molecule has 2 aromatic carbocycles. The second-order valence-corrected chi connectivity index (χ2v) is 6.10. The van der Waals surface area contributed by atoms with Gasteiger partial charge in [0.1, 0.15) is 18.5 Å². The number of ether oxygens (including phenoxy) is 1. The number of aliphatic hydroxyl groups excluding tert-OH is 1. The minimum atomic E-state index is -0.565. The Morgan fingerprint density at radius 2 is 1.86 bits per heavy atom. The zero-order valence-electron chi connectivity index (χ0n) is 12.3. The van der Waals surface area contributed by atoms with E-state index in [9.17, 15) is 5.11 Å². The highest BCUT2D eigenvalue weighted by Gasteiger charge is 2.06. The van der Waals surface area contributed by atoms with Crippen LogP contribution in [0.25, 0.3) is 0 Å². The molecule has 0 aliphatic rings. The van der Waals surface area contributed by atoms with E-state index >= 15 is 0 Å². The number of benzene rings is 2. The van der Waals surface area contributed by atoms with Crippen molar-refractivity contribution in [1.82, 2.24) is 0 Å². The lowest BCUT2D eigenvalue weighted by Gasteiger charge is -2.15. The standard InChI is InChI=1S/C17H20BrNO2/c1-12-6-13(2)8-15(7-12)19-10-16(20)11-21-17-5-3-4-14(18)9-17/h3-9,16,19-20H,10-11H2,1-2H3. The molecule has 0 aliphatic heterocycles. The molecule has 2 rings (SSSR count). The normalized spacial score (nSPS) is 12.0. The predicted octanol–water partition coefficient (Wildman–Crippen LogP) is 3.92. The van der Waals surface area contributed by atoms with Crippen LogP contribution in [0.1, 0.15) is 11.1 Å². The van der Waals surface area contributed by atoms with Gasteiger partial charge in [0.25, 0.3) is 0 Å². The maximum atomic E-state index is 9.98. The molecule has 0 amide bonds. The van der Waals surface area contributed by atoms with Gasteiger partial charge in [0, 0.05) is 16.7 Å². The van der Waals surface area contributed by atoms with E-state index in [0.29, 0.717) is 6.54 Å². The first-order valence-electron chi connectivity index (χ1n) is 6.91. The molecule has 0 aromatic heterocycles. The molecule has 1 unspecified atom stereocenters. The Morgan fingerprint density at radius 1 is 1.14 bits per heavy atom. The summed E-state index contributed by atoms with van der Waals surface area (Å²) < 4.78 is 6.53. The summed E-state index contributed by atoms with van der Waals surface area (Å²) in [5.41, 5.74) is 3.43. The molecule has 2 N–H and O–H groups in total. The highest BCUT2D eigenvalue weighted by Crippen LogP contribution is 2.18. The topological polar surface area (TPSA) is 41.5 Å². The number of rotatable bonds is 6. The highest BCUT2D eigenvalue weighted by molar-refractivity contribution is 9.10. The average molecular weight is 350 g/mol. The van der Waals surface area contributed by atoms with E-state index in [1.165, 1.54) is 11.1 Å². The van der Waals surface area contributed by atoms with Gasteiger partial charge in [-0.15, -0.1) is 0 Å². The lowest BCUT2D eigenvalue weighted by molar-refractivity contribution is 0.117. The van der Waals surface area contributed by atoms with E-state index in [1.54, 1.807) is 0 Å². The third kappa shape index (κ3) is 5.40. The van der Waals surface area contributed by atoms with E-state index in [2.05, 4.69) is 53.3 Å². The second kappa shape index (κ2) is 7.48. The summed E-state index contributed by atoms with van der Waals surface area (Å²) in [5, 5.41) is 13.2. The van der Waals surface area contributed by atoms with E-state index in [1.807, 2.05) is 24.3 Å². The van der Waals surface area contributed by atoms with Crippen LogP contribution in [0.3, 0.4) is 0 Å². The molecule has 0 saturated carbocycles. The molecule has 1 atom stereocenters. The van der Waals surface area contributed by atoms with E-state index < -0.39 is 6.10 Å². The van der Waals surface area contributed by atoms with Crippen LogP contribution in [0.4, 0.5) is 5.69 Å². The fraction of sp³-hybridized carbons (Fsp3) is 0.294. The molecule has 0 saturated heterocycles. The van der Waals surface area contributed by atoms with Crippen molar-refractivity contribution in [2.75, 3.05) is 18.5 Å². The van der Waals surface area contributed by atoms with Crippen molar-refractivity contribution in [2.24, 2.45) is 0 Å². The quantitative estimate of drug-likeness (QED) is 0.830. The maximum Gasteiger partial charge on any atom is 0.120 e. The van der Waals surface area contributed by atoms with Crippen molar-refractivity contribution in [2.45, 2.75) is 20.0 Å². The molecule has 0 bridgehead atoms. The van der Waals surface area contributed by atoms with Crippen LogP contribution in [0, 0.1) is 13.8 Å². The monoisotopic (exact) mass is 349 g/mol. The molecule has 112 valence electrons. The third-order valence-electron chi connectivity index (χ3n) is 3.00. The number of hydrogen-bond acceptors (Lipinski definition) is 3. The van der Waals surface area contributed by atoms with Crippen LogP contribution in [0.15, 0.2) is 46.9 Å². The van der Waals surface area contributed by atoms with Gasteiger partial charge in [0.05, 0.1) is 0 Å². The molecular formula is C17H20BrNO2. The van der Waals surface area contributed by atoms with Crippen molar-refractivity contribution >= 4 is 21.6 Å². The van der Waals surface area contributed by atoms with E-state index in [0.717, 1.165) is 15.9 Å². The Kier molecular flexibility index (Phi) is 5.65. The third-order valence-corrected chi connectivity index (χ3v) is 3.50. The van der Waals surface area contributed by atoms with Gasteiger partial charge in [-0.05, 0) is 55.3 Å². The Labute approximate surface area is 134 Å². The van der Waals surface area contributed by atoms with Crippen LogP contribution in [0.2, 0.25) is 0 Å². The molecule has 2 aromatic rings. The summed E-state index contributed by atoms with van der Waals surface area (Å²) in [5.74, 6) is 0.745. The van der Waals surface area contributed by atoms with Gasteiger partial charge >= 0.3 is 0 Å². The van der Waals surface area contributed by atoms with Crippen molar-refractivity contribution in [3.63, 3.8) is 0 Å². The molecule has 0 aliphatic carbocycles. The lowest BCUT2D eigenvalue weighted by atomic mass is 10.1. The Morgan fingerprint density at radius 3 is 2.52 bits per heavy atom. The van der Waals surface area contributed by atoms with Crippen LogP contribution in [0.5, 0.6) is 5.75 Å². The molecule has 3 nitrogen and oxygen atoms in total. The SMILES string of the molecule is Cc1cc(C)cc(NCC(O)COc2cccc(Br)c2)c1. The Balaban J connectivity index is 1.80. The molecule has 0 fully saturated rings. The second-order valence-electron chi connectivity index (χ2n) is 5.18. The van der Waals surface area contributed by atoms with Crippen molar-refractivity contribution < 1.29 is 9.84 Å². The van der Waals surface area contributed by atoms with Gasteiger partial charge in [0.2, 0.25) is 0 Å². The largest absolute Gasteiger partial charge is 0.491 e. The van der Waals surface area contributed by atoms with Crippen LogP contribution < -0.4 is 10.1 Å². The number of aliphatic hydroxyl groups is 1. The number of hydrogen-bond donors (Lipinski definition) is 2. The van der Waals surface area contributed by atoms with Crippen LogP contribution in [-0.4, -0.2) is 24.4 Å². The summed E-state index contributed by atoms with van der Waals surface area (Å²) in [6.45, 7) is 4.83.